The molecule has 1 amide bonds. The van der Waals surface area contributed by atoms with Gasteiger partial charge in [-0.25, -0.2) is 4.39 Å². The first-order valence-corrected chi connectivity index (χ1v) is 9.73. The van der Waals surface area contributed by atoms with E-state index >= 15 is 0 Å². The molecule has 4 aromatic rings. The van der Waals surface area contributed by atoms with Gasteiger partial charge in [-0.05, 0) is 32.0 Å². The Labute approximate surface area is 168 Å². The molecule has 0 saturated heterocycles. The maximum atomic E-state index is 14.8. The molecule has 1 atom stereocenters. The minimum absolute atomic E-state index is 0.0903. The SMILES string of the molecule is Cc1ccc2oc3c(c(=O)c2c1)[C@H](c1ccccc1F)N(c1nnc(C)s1)C3=O. The van der Waals surface area contributed by atoms with E-state index in [1.54, 1.807) is 43.3 Å². The zero-order valence-electron chi connectivity index (χ0n) is 15.5. The number of aromatic nitrogens is 2. The lowest BCUT2D eigenvalue weighted by Gasteiger charge is -2.22. The van der Waals surface area contributed by atoms with E-state index in [2.05, 4.69) is 10.2 Å². The van der Waals surface area contributed by atoms with Gasteiger partial charge in [0, 0.05) is 5.56 Å². The summed E-state index contributed by atoms with van der Waals surface area (Å²) in [6.45, 7) is 3.62. The van der Waals surface area contributed by atoms with Crippen molar-refractivity contribution in [2.24, 2.45) is 0 Å². The average molecular weight is 407 g/mol. The molecule has 2 aromatic heterocycles. The van der Waals surface area contributed by atoms with Crippen LogP contribution in [0.4, 0.5) is 9.52 Å². The smallest absolute Gasteiger partial charge is 0.297 e. The molecule has 144 valence electrons. The predicted molar refractivity (Wildman–Crippen MR) is 107 cm³/mol. The molecule has 1 aliphatic heterocycles. The fraction of sp³-hybridized carbons (Fsp3) is 0.143. The molecule has 2 aromatic carbocycles. The zero-order valence-corrected chi connectivity index (χ0v) is 16.3. The number of rotatable bonds is 2. The Morgan fingerprint density at radius 1 is 1.10 bits per heavy atom. The molecule has 6 nitrogen and oxygen atoms in total. The zero-order chi connectivity index (χ0) is 20.3. The van der Waals surface area contributed by atoms with Crippen LogP contribution in [0, 0.1) is 19.7 Å². The number of carbonyl (C=O) groups is 1. The van der Waals surface area contributed by atoms with Crippen LogP contribution in [0.2, 0.25) is 0 Å². The summed E-state index contributed by atoms with van der Waals surface area (Å²) in [5, 5.41) is 9.32. The van der Waals surface area contributed by atoms with Crippen LogP contribution < -0.4 is 10.3 Å². The lowest BCUT2D eigenvalue weighted by Crippen LogP contribution is -2.30. The summed E-state index contributed by atoms with van der Waals surface area (Å²) in [4.78, 5) is 28.0. The molecule has 0 aliphatic carbocycles. The third kappa shape index (κ3) is 2.60. The Morgan fingerprint density at radius 3 is 2.62 bits per heavy atom. The van der Waals surface area contributed by atoms with Crippen LogP contribution >= 0.6 is 11.3 Å². The Morgan fingerprint density at radius 2 is 1.90 bits per heavy atom. The topological polar surface area (TPSA) is 76.3 Å². The van der Waals surface area contributed by atoms with Crippen molar-refractivity contribution in [2.75, 3.05) is 4.90 Å². The number of aryl methyl sites for hydroxylation is 2. The molecule has 0 fully saturated rings. The van der Waals surface area contributed by atoms with Gasteiger partial charge in [-0.2, -0.15) is 0 Å². The fourth-order valence-corrected chi connectivity index (χ4v) is 4.37. The Kier molecular flexibility index (Phi) is 3.85. The predicted octanol–water partition coefficient (Wildman–Crippen LogP) is 4.15. The van der Waals surface area contributed by atoms with Gasteiger partial charge in [0.1, 0.15) is 22.4 Å². The second kappa shape index (κ2) is 6.31. The summed E-state index contributed by atoms with van der Waals surface area (Å²) < 4.78 is 20.6. The summed E-state index contributed by atoms with van der Waals surface area (Å²) in [5.74, 6) is -1.15. The van der Waals surface area contributed by atoms with E-state index in [4.69, 9.17) is 4.42 Å². The van der Waals surface area contributed by atoms with Crippen molar-refractivity contribution in [1.82, 2.24) is 10.2 Å². The van der Waals surface area contributed by atoms with Crippen LogP contribution in [0.5, 0.6) is 0 Å². The van der Waals surface area contributed by atoms with E-state index in [1.807, 2.05) is 6.92 Å². The lowest BCUT2D eigenvalue weighted by atomic mass is 9.98. The van der Waals surface area contributed by atoms with Gasteiger partial charge < -0.3 is 4.42 Å². The first-order chi connectivity index (χ1) is 14.0. The second-order valence-corrected chi connectivity index (χ2v) is 8.04. The van der Waals surface area contributed by atoms with Crippen molar-refractivity contribution in [3.63, 3.8) is 0 Å². The van der Waals surface area contributed by atoms with Gasteiger partial charge in [-0.15, -0.1) is 10.2 Å². The first-order valence-electron chi connectivity index (χ1n) is 8.91. The summed E-state index contributed by atoms with van der Waals surface area (Å²) in [5.41, 5.74) is 1.16. The van der Waals surface area contributed by atoms with Crippen LogP contribution in [0.1, 0.15) is 38.3 Å². The first kappa shape index (κ1) is 17.7. The molecule has 0 bridgehead atoms. The van der Waals surface area contributed by atoms with Gasteiger partial charge in [0.2, 0.25) is 10.9 Å². The third-order valence-electron chi connectivity index (χ3n) is 4.95. The minimum atomic E-state index is -0.979. The van der Waals surface area contributed by atoms with Crippen molar-refractivity contribution >= 4 is 33.3 Å². The number of carbonyl (C=O) groups excluding carboxylic acids is 1. The number of hydrogen-bond donors (Lipinski definition) is 0. The number of amides is 1. The molecule has 29 heavy (non-hydrogen) atoms. The van der Waals surface area contributed by atoms with E-state index in [0.717, 1.165) is 5.56 Å². The average Bonchev–Trinajstić information content (AvgIpc) is 3.24. The van der Waals surface area contributed by atoms with Crippen molar-refractivity contribution in [3.8, 4) is 0 Å². The number of fused-ring (bicyclic) bond motifs is 2. The van der Waals surface area contributed by atoms with Gasteiger partial charge in [0.25, 0.3) is 5.91 Å². The number of anilines is 1. The van der Waals surface area contributed by atoms with E-state index in [-0.39, 0.29) is 27.4 Å². The number of nitrogens with zero attached hydrogens (tertiary/aromatic N) is 3. The molecule has 8 heteroatoms. The van der Waals surface area contributed by atoms with Gasteiger partial charge in [0.15, 0.2) is 5.43 Å². The number of halogens is 1. The Bertz CT molecular complexity index is 1360. The largest absolute Gasteiger partial charge is 0.450 e. The highest BCUT2D eigenvalue weighted by molar-refractivity contribution is 7.15. The summed E-state index contributed by atoms with van der Waals surface area (Å²) in [6.07, 6.45) is 0. The van der Waals surface area contributed by atoms with Crippen molar-refractivity contribution in [1.29, 1.82) is 0 Å². The number of benzene rings is 2. The molecule has 0 N–H and O–H groups in total. The van der Waals surface area contributed by atoms with Crippen LogP contribution in [0.15, 0.2) is 51.7 Å². The Hall–Kier alpha value is -3.39. The highest BCUT2D eigenvalue weighted by atomic mass is 32.1. The molecular formula is C21H14FN3O3S. The summed E-state index contributed by atoms with van der Waals surface area (Å²) in [7, 11) is 0. The van der Waals surface area contributed by atoms with E-state index in [0.29, 0.717) is 16.0 Å². The molecule has 1 aliphatic rings. The maximum absolute atomic E-state index is 14.8. The van der Waals surface area contributed by atoms with E-state index in [9.17, 15) is 14.0 Å². The summed E-state index contributed by atoms with van der Waals surface area (Å²) in [6, 6.07) is 10.3. The van der Waals surface area contributed by atoms with Crippen LogP contribution in [0.25, 0.3) is 11.0 Å². The van der Waals surface area contributed by atoms with Gasteiger partial charge >= 0.3 is 0 Å². The van der Waals surface area contributed by atoms with Crippen LogP contribution in [-0.4, -0.2) is 16.1 Å². The molecule has 0 radical (unpaired) electrons. The highest BCUT2D eigenvalue weighted by Crippen LogP contribution is 2.42. The Balaban J connectivity index is 1.86. The third-order valence-corrected chi connectivity index (χ3v) is 5.78. The van der Waals surface area contributed by atoms with Gasteiger partial charge in [-0.3, -0.25) is 14.5 Å². The molecule has 0 saturated carbocycles. The fourth-order valence-electron chi connectivity index (χ4n) is 3.66. The molecule has 3 heterocycles. The monoisotopic (exact) mass is 407 g/mol. The van der Waals surface area contributed by atoms with E-state index < -0.39 is 17.8 Å². The van der Waals surface area contributed by atoms with Crippen LogP contribution in [-0.2, 0) is 0 Å². The molecule has 0 unspecified atom stereocenters. The lowest BCUT2D eigenvalue weighted by molar-refractivity contribution is 0.0970. The normalized spacial score (nSPS) is 15.9. The highest BCUT2D eigenvalue weighted by Gasteiger charge is 2.46. The van der Waals surface area contributed by atoms with Crippen LogP contribution in [0.3, 0.4) is 0 Å². The minimum Gasteiger partial charge on any atom is -0.450 e. The molecule has 0 spiro atoms. The van der Waals surface area contributed by atoms with Crippen molar-refractivity contribution in [2.45, 2.75) is 19.9 Å². The quantitative estimate of drug-likeness (QED) is 0.499. The van der Waals surface area contributed by atoms with Crippen molar-refractivity contribution < 1.29 is 13.6 Å². The van der Waals surface area contributed by atoms with E-state index in [1.165, 1.54) is 22.3 Å². The molecular weight excluding hydrogens is 393 g/mol. The standard InChI is InChI=1S/C21H14FN3O3S/c1-10-7-8-15-13(9-10)18(26)16-17(12-5-3-4-6-14(12)22)25(20(27)19(16)28-15)21-24-23-11(2)29-21/h3-9,17H,1-2H3/t17-/m0/s1. The molecule has 5 rings (SSSR count). The van der Waals surface area contributed by atoms with Gasteiger partial charge in [0.05, 0.1) is 10.9 Å². The van der Waals surface area contributed by atoms with Gasteiger partial charge in [-0.1, -0.05) is 41.2 Å². The second-order valence-electron chi connectivity index (χ2n) is 6.88. The number of hydrogen-bond acceptors (Lipinski definition) is 6. The van der Waals surface area contributed by atoms with Crippen molar-refractivity contribution in [3.05, 3.63) is 86.0 Å². The summed E-state index contributed by atoms with van der Waals surface area (Å²) >= 11 is 1.19. The maximum Gasteiger partial charge on any atom is 0.297 e.